The first-order valence-corrected chi connectivity index (χ1v) is 10.7. The Kier molecular flexibility index (Phi) is 7.49. The Bertz CT molecular complexity index is 923. The molecule has 0 bridgehead atoms. The van der Waals surface area contributed by atoms with E-state index in [0.29, 0.717) is 0 Å². The topological polar surface area (TPSA) is 3.24 Å². The third kappa shape index (κ3) is 5.71. The van der Waals surface area contributed by atoms with Gasteiger partial charge < -0.3 is 4.90 Å². The summed E-state index contributed by atoms with van der Waals surface area (Å²) in [6.45, 7) is 3.39. The fourth-order valence-corrected chi connectivity index (χ4v) is 3.84. The second-order valence-electron chi connectivity index (χ2n) is 8.04. The van der Waals surface area contributed by atoms with Crippen LogP contribution < -0.4 is 5.46 Å². The number of benzene rings is 3. The van der Waals surface area contributed by atoms with Crippen LogP contribution in [0.1, 0.15) is 42.0 Å². The average molecular weight is 381 g/mol. The van der Waals surface area contributed by atoms with E-state index in [2.05, 4.69) is 113 Å². The van der Waals surface area contributed by atoms with Gasteiger partial charge in [0.1, 0.15) is 7.85 Å². The molecule has 0 heterocycles. The van der Waals surface area contributed by atoms with Crippen LogP contribution in [-0.2, 0) is 6.42 Å². The van der Waals surface area contributed by atoms with Gasteiger partial charge in [-0.2, -0.15) is 0 Å². The maximum atomic E-state index is 2.30. The van der Waals surface area contributed by atoms with Gasteiger partial charge in [-0.25, -0.2) is 0 Å². The molecule has 0 aliphatic heterocycles. The minimum Gasteiger partial charge on any atom is -0.309 e. The Labute approximate surface area is 177 Å². The van der Waals surface area contributed by atoms with Crippen LogP contribution in [0.5, 0.6) is 0 Å². The zero-order valence-corrected chi connectivity index (χ0v) is 18.3. The lowest BCUT2D eigenvalue weighted by molar-refractivity contribution is 0.400. The van der Waals surface area contributed by atoms with Crippen LogP contribution in [0.25, 0.3) is 11.1 Å². The summed E-state index contributed by atoms with van der Waals surface area (Å²) >= 11 is 0. The van der Waals surface area contributed by atoms with Crippen molar-refractivity contribution in [3.05, 3.63) is 101 Å². The van der Waals surface area contributed by atoms with Crippen molar-refractivity contribution in [1.29, 1.82) is 0 Å². The first kappa shape index (κ1) is 21.1. The van der Waals surface area contributed by atoms with Gasteiger partial charge in [-0.3, -0.25) is 0 Å². The van der Waals surface area contributed by atoms with Crippen LogP contribution in [-0.4, -0.2) is 33.4 Å². The quantitative estimate of drug-likeness (QED) is 0.400. The fraction of sp³-hybridized carbons (Fsp3) is 0.259. The van der Waals surface area contributed by atoms with Gasteiger partial charge in [0.15, 0.2) is 0 Å². The van der Waals surface area contributed by atoms with Crippen molar-refractivity contribution in [3.8, 4) is 0 Å². The Balaban J connectivity index is 2.02. The molecule has 0 aromatic heterocycles. The van der Waals surface area contributed by atoms with Crippen molar-refractivity contribution in [2.75, 3.05) is 20.6 Å². The number of allylic oxidation sites excluding steroid dienone is 1. The number of aryl methyl sites for hydroxylation is 1. The lowest BCUT2D eigenvalue weighted by atomic mass is 9.86. The molecule has 3 aromatic carbocycles. The normalized spacial score (nSPS) is 12.1. The summed E-state index contributed by atoms with van der Waals surface area (Å²) in [6.07, 6.45) is 3.32. The van der Waals surface area contributed by atoms with Crippen molar-refractivity contribution in [1.82, 2.24) is 4.90 Å². The van der Waals surface area contributed by atoms with Crippen LogP contribution in [0.15, 0.2) is 78.9 Å². The molecule has 0 fully saturated rings. The Morgan fingerprint density at radius 3 is 1.90 bits per heavy atom. The monoisotopic (exact) mass is 381 g/mol. The predicted molar refractivity (Wildman–Crippen MR) is 131 cm³/mol. The standard InChI is InChI=1S/C27H32BN/c1-4-26(22-10-6-5-7-11-22)27(24-16-18-25(28)19-17-24)23-14-12-21(13-15-23)9-8-20-29(2)3/h5-7,10-19H,4,8-9,20,28H2,1-3H3/b27-26+. The summed E-state index contributed by atoms with van der Waals surface area (Å²) in [6, 6.07) is 29.0. The number of nitrogens with zero attached hydrogens (tertiary/aromatic N) is 1. The van der Waals surface area contributed by atoms with Gasteiger partial charge in [0.05, 0.1) is 0 Å². The van der Waals surface area contributed by atoms with E-state index in [1.165, 1.54) is 45.3 Å². The molecule has 0 amide bonds. The molecule has 0 saturated heterocycles. The zero-order chi connectivity index (χ0) is 20.6. The zero-order valence-electron chi connectivity index (χ0n) is 18.3. The smallest absolute Gasteiger partial charge is 0.139 e. The van der Waals surface area contributed by atoms with Gasteiger partial charge in [0, 0.05) is 0 Å². The molecule has 148 valence electrons. The summed E-state index contributed by atoms with van der Waals surface area (Å²) in [4.78, 5) is 2.25. The van der Waals surface area contributed by atoms with E-state index in [4.69, 9.17) is 0 Å². The van der Waals surface area contributed by atoms with Gasteiger partial charge in [0.25, 0.3) is 0 Å². The van der Waals surface area contributed by atoms with E-state index in [1.54, 1.807) is 0 Å². The fourth-order valence-electron chi connectivity index (χ4n) is 3.84. The summed E-state index contributed by atoms with van der Waals surface area (Å²) in [5, 5.41) is 0. The Hall–Kier alpha value is -2.58. The van der Waals surface area contributed by atoms with Crippen LogP contribution in [0.2, 0.25) is 0 Å². The molecule has 0 saturated carbocycles. The SMILES string of the molecule is Bc1ccc(/C(=C(\CC)c2ccccc2)c2ccc(CCCN(C)C)cc2)cc1. The molecule has 0 atom stereocenters. The van der Waals surface area contributed by atoms with Crippen molar-refractivity contribution in [3.63, 3.8) is 0 Å². The molecule has 1 nitrogen and oxygen atoms in total. The second kappa shape index (κ2) is 10.3. The van der Waals surface area contributed by atoms with Gasteiger partial charge >= 0.3 is 0 Å². The van der Waals surface area contributed by atoms with E-state index in [1.807, 2.05) is 0 Å². The lowest BCUT2D eigenvalue weighted by Gasteiger charge is -2.17. The Morgan fingerprint density at radius 2 is 1.34 bits per heavy atom. The number of hydrogen-bond donors (Lipinski definition) is 0. The molecule has 0 unspecified atom stereocenters. The highest BCUT2D eigenvalue weighted by Crippen LogP contribution is 2.34. The van der Waals surface area contributed by atoms with Gasteiger partial charge in [-0.15, -0.1) is 0 Å². The van der Waals surface area contributed by atoms with Crippen molar-refractivity contribution < 1.29 is 0 Å². The van der Waals surface area contributed by atoms with Gasteiger partial charge in [0.2, 0.25) is 0 Å². The highest BCUT2D eigenvalue weighted by atomic mass is 15.0. The van der Waals surface area contributed by atoms with E-state index >= 15 is 0 Å². The molecule has 2 heteroatoms. The first-order chi connectivity index (χ1) is 14.1. The molecule has 0 spiro atoms. The molecule has 0 aliphatic carbocycles. The minimum absolute atomic E-state index is 0.998. The van der Waals surface area contributed by atoms with Crippen molar-refractivity contribution in [2.45, 2.75) is 26.2 Å². The molecule has 0 radical (unpaired) electrons. The maximum absolute atomic E-state index is 2.30. The summed E-state index contributed by atoms with van der Waals surface area (Å²) in [5.41, 5.74) is 9.34. The highest BCUT2D eigenvalue weighted by Gasteiger charge is 2.13. The van der Waals surface area contributed by atoms with E-state index in [0.717, 1.165) is 19.4 Å². The lowest BCUT2D eigenvalue weighted by Crippen LogP contribution is -2.13. The summed E-state index contributed by atoms with van der Waals surface area (Å²) < 4.78 is 0. The summed E-state index contributed by atoms with van der Waals surface area (Å²) in [7, 11) is 6.42. The number of rotatable bonds is 8. The highest BCUT2D eigenvalue weighted by molar-refractivity contribution is 6.32. The molecule has 3 aromatic rings. The third-order valence-corrected chi connectivity index (χ3v) is 5.43. The molecule has 29 heavy (non-hydrogen) atoms. The molecular formula is C27H32BN. The molecular weight excluding hydrogens is 349 g/mol. The largest absolute Gasteiger partial charge is 0.309 e. The van der Waals surface area contributed by atoms with Crippen LogP contribution in [0.3, 0.4) is 0 Å². The molecule has 3 rings (SSSR count). The first-order valence-electron chi connectivity index (χ1n) is 10.7. The van der Waals surface area contributed by atoms with Crippen LogP contribution in [0, 0.1) is 0 Å². The van der Waals surface area contributed by atoms with Crippen molar-refractivity contribution >= 4 is 24.5 Å². The van der Waals surface area contributed by atoms with E-state index < -0.39 is 0 Å². The van der Waals surface area contributed by atoms with E-state index in [9.17, 15) is 0 Å². The van der Waals surface area contributed by atoms with E-state index in [-0.39, 0.29) is 0 Å². The van der Waals surface area contributed by atoms with Crippen LogP contribution >= 0.6 is 0 Å². The maximum Gasteiger partial charge on any atom is 0.139 e. The number of hydrogen-bond acceptors (Lipinski definition) is 1. The molecule has 0 N–H and O–H groups in total. The van der Waals surface area contributed by atoms with Crippen molar-refractivity contribution in [2.24, 2.45) is 0 Å². The second-order valence-corrected chi connectivity index (χ2v) is 8.04. The predicted octanol–water partition coefficient (Wildman–Crippen LogP) is 4.81. The van der Waals surface area contributed by atoms with Gasteiger partial charge in [-0.05, 0) is 73.3 Å². The van der Waals surface area contributed by atoms with Crippen LogP contribution in [0.4, 0.5) is 0 Å². The van der Waals surface area contributed by atoms with Gasteiger partial charge in [-0.1, -0.05) is 91.2 Å². The summed E-state index contributed by atoms with van der Waals surface area (Å²) in [5.74, 6) is 0. The molecule has 0 aliphatic rings. The Morgan fingerprint density at radius 1 is 0.759 bits per heavy atom. The third-order valence-electron chi connectivity index (χ3n) is 5.43. The average Bonchev–Trinajstić information content (AvgIpc) is 2.74. The minimum atomic E-state index is 0.998.